The standard InChI is InChI=1S/C28H25ClN4O3/c1-18(34)20-5-9-23(10-6-20)31-28(35)25(15-19-3-4-19)27-11-7-21(17-33(27)36)24-16-22(29)8-12-26(24)32-14-2-13-30-32/h2,5-14,16-17,19,25H,3-4,15H2,1H3,(H,31,35). The van der Waals surface area contributed by atoms with Crippen LogP contribution in [0.15, 0.2) is 79.3 Å². The van der Waals surface area contributed by atoms with Crippen molar-refractivity contribution in [3.05, 3.63) is 101 Å². The number of hydrogen-bond acceptors (Lipinski definition) is 4. The van der Waals surface area contributed by atoms with Crippen LogP contribution >= 0.6 is 11.6 Å². The van der Waals surface area contributed by atoms with E-state index in [1.165, 1.54) is 13.1 Å². The molecule has 2 aromatic heterocycles. The van der Waals surface area contributed by atoms with E-state index in [9.17, 15) is 14.8 Å². The summed E-state index contributed by atoms with van der Waals surface area (Å²) in [5.74, 6) is -0.446. The molecule has 0 aliphatic heterocycles. The predicted molar refractivity (Wildman–Crippen MR) is 138 cm³/mol. The van der Waals surface area contributed by atoms with Gasteiger partial charge in [0.2, 0.25) is 11.6 Å². The second-order valence-corrected chi connectivity index (χ2v) is 9.57. The average molecular weight is 501 g/mol. The first-order valence-electron chi connectivity index (χ1n) is 11.8. The lowest BCUT2D eigenvalue weighted by Crippen LogP contribution is -2.37. The fourth-order valence-corrected chi connectivity index (χ4v) is 4.51. The molecular formula is C28H25ClN4O3. The van der Waals surface area contributed by atoms with E-state index in [0.717, 1.165) is 28.8 Å². The molecular weight excluding hydrogens is 476 g/mol. The van der Waals surface area contributed by atoms with Crippen LogP contribution in [-0.2, 0) is 4.79 Å². The number of rotatable bonds is 8. The van der Waals surface area contributed by atoms with E-state index in [4.69, 9.17) is 11.6 Å². The van der Waals surface area contributed by atoms with Crippen molar-refractivity contribution >= 4 is 29.0 Å². The molecule has 1 aliphatic rings. The molecule has 2 aromatic carbocycles. The Bertz CT molecular complexity index is 1410. The summed E-state index contributed by atoms with van der Waals surface area (Å²) < 4.78 is 2.50. The van der Waals surface area contributed by atoms with Gasteiger partial charge in [0.15, 0.2) is 12.0 Å². The summed E-state index contributed by atoms with van der Waals surface area (Å²) in [7, 11) is 0. The van der Waals surface area contributed by atoms with Gasteiger partial charge in [-0.05, 0) is 73.9 Å². The largest absolute Gasteiger partial charge is 0.618 e. The monoisotopic (exact) mass is 500 g/mol. The fraction of sp³-hybridized carbons (Fsp3) is 0.214. The normalized spacial score (nSPS) is 13.8. The van der Waals surface area contributed by atoms with Crippen molar-refractivity contribution in [2.75, 3.05) is 5.32 Å². The van der Waals surface area contributed by atoms with Gasteiger partial charge in [0.1, 0.15) is 5.92 Å². The number of nitrogens with zero attached hydrogens (tertiary/aromatic N) is 3. The van der Waals surface area contributed by atoms with Crippen molar-refractivity contribution in [2.24, 2.45) is 5.92 Å². The Hall–Kier alpha value is -3.97. The Kier molecular flexibility index (Phi) is 6.57. The highest BCUT2D eigenvalue weighted by Gasteiger charge is 2.35. The number of ketones is 1. The number of carbonyl (C=O) groups excluding carboxylic acids is 2. The van der Waals surface area contributed by atoms with E-state index in [1.807, 2.05) is 24.4 Å². The van der Waals surface area contributed by atoms with Crippen molar-refractivity contribution in [1.29, 1.82) is 0 Å². The number of Topliss-reactive ketones (excluding diaryl/α,β-unsaturated/α-hetero) is 1. The molecule has 5 rings (SSSR count). The number of benzene rings is 2. The lowest BCUT2D eigenvalue weighted by atomic mass is 9.95. The first-order chi connectivity index (χ1) is 17.4. The zero-order valence-corrected chi connectivity index (χ0v) is 20.5. The third-order valence-corrected chi connectivity index (χ3v) is 6.70. The molecule has 1 fully saturated rings. The second kappa shape index (κ2) is 9.95. The van der Waals surface area contributed by atoms with Gasteiger partial charge in [-0.2, -0.15) is 9.83 Å². The van der Waals surface area contributed by atoms with Crippen LogP contribution in [0, 0.1) is 11.1 Å². The summed E-state index contributed by atoms with van der Waals surface area (Å²) in [4.78, 5) is 24.8. The number of amides is 1. The van der Waals surface area contributed by atoms with Crippen molar-refractivity contribution < 1.29 is 14.3 Å². The molecule has 8 heteroatoms. The van der Waals surface area contributed by atoms with E-state index >= 15 is 0 Å². The molecule has 1 amide bonds. The Morgan fingerprint density at radius 2 is 1.94 bits per heavy atom. The van der Waals surface area contributed by atoms with Crippen LogP contribution in [0.1, 0.15) is 48.2 Å². The number of carbonyl (C=O) groups is 2. The molecule has 0 radical (unpaired) electrons. The first kappa shape index (κ1) is 23.8. The zero-order chi connectivity index (χ0) is 25.2. The molecule has 1 atom stereocenters. The van der Waals surface area contributed by atoms with Gasteiger partial charge in [-0.15, -0.1) is 0 Å². The van der Waals surface area contributed by atoms with Gasteiger partial charge in [-0.25, -0.2) is 4.68 Å². The van der Waals surface area contributed by atoms with Crippen LogP contribution in [0.25, 0.3) is 16.8 Å². The van der Waals surface area contributed by atoms with Crippen LogP contribution < -0.4 is 10.0 Å². The minimum absolute atomic E-state index is 0.0395. The number of anilines is 1. The fourth-order valence-electron chi connectivity index (χ4n) is 4.34. The molecule has 7 nitrogen and oxygen atoms in total. The van der Waals surface area contributed by atoms with Crippen molar-refractivity contribution in [2.45, 2.75) is 32.1 Å². The predicted octanol–water partition coefficient (Wildman–Crippen LogP) is 5.55. The smallest absolute Gasteiger partial charge is 0.238 e. The van der Waals surface area contributed by atoms with Crippen LogP contribution in [-0.4, -0.2) is 21.5 Å². The van der Waals surface area contributed by atoms with Gasteiger partial charge < -0.3 is 10.5 Å². The summed E-state index contributed by atoms with van der Waals surface area (Å²) >= 11 is 6.27. The molecule has 1 aliphatic carbocycles. The van der Waals surface area contributed by atoms with E-state index in [2.05, 4.69) is 10.4 Å². The maximum Gasteiger partial charge on any atom is 0.238 e. The van der Waals surface area contributed by atoms with Gasteiger partial charge in [-0.3, -0.25) is 9.59 Å². The van der Waals surface area contributed by atoms with E-state index in [0.29, 0.717) is 39.9 Å². The summed E-state index contributed by atoms with van der Waals surface area (Å²) in [5.41, 5.74) is 3.78. The third kappa shape index (κ3) is 5.16. The molecule has 0 saturated heterocycles. The lowest BCUT2D eigenvalue weighted by Gasteiger charge is -2.17. The van der Waals surface area contributed by atoms with E-state index < -0.39 is 5.92 Å². The van der Waals surface area contributed by atoms with E-state index in [-0.39, 0.29) is 11.7 Å². The molecule has 182 valence electrons. The Morgan fingerprint density at radius 1 is 1.17 bits per heavy atom. The molecule has 1 saturated carbocycles. The minimum Gasteiger partial charge on any atom is -0.618 e. The number of pyridine rings is 1. The highest BCUT2D eigenvalue weighted by molar-refractivity contribution is 6.31. The van der Waals surface area contributed by atoms with Crippen molar-refractivity contribution in [3.8, 4) is 16.8 Å². The van der Waals surface area contributed by atoms with Crippen LogP contribution in [0.4, 0.5) is 5.69 Å². The van der Waals surface area contributed by atoms with Gasteiger partial charge in [0.25, 0.3) is 0 Å². The van der Waals surface area contributed by atoms with Crippen LogP contribution in [0.2, 0.25) is 5.02 Å². The first-order valence-corrected chi connectivity index (χ1v) is 12.2. The number of halogens is 1. The third-order valence-electron chi connectivity index (χ3n) is 6.46. The van der Waals surface area contributed by atoms with Gasteiger partial charge in [0, 0.05) is 45.9 Å². The maximum atomic E-state index is 13.3. The SMILES string of the molecule is CC(=O)c1ccc(NC(=O)C(CC2CC2)c2ccc(-c3cc(Cl)ccc3-n3cccn3)c[n+]2[O-])cc1. The highest BCUT2D eigenvalue weighted by atomic mass is 35.5. The average Bonchev–Trinajstić information content (AvgIpc) is 3.52. The molecule has 0 spiro atoms. The Morgan fingerprint density at radius 3 is 2.58 bits per heavy atom. The number of hydrogen-bond donors (Lipinski definition) is 1. The highest BCUT2D eigenvalue weighted by Crippen LogP contribution is 2.39. The van der Waals surface area contributed by atoms with Gasteiger partial charge >= 0.3 is 0 Å². The second-order valence-electron chi connectivity index (χ2n) is 9.13. The maximum absolute atomic E-state index is 13.3. The molecule has 1 unspecified atom stereocenters. The number of nitrogens with one attached hydrogen (secondary N) is 1. The van der Waals surface area contributed by atoms with E-state index in [1.54, 1.807) is 53.3 Å². The van der Waals surface area contributed by atoms with Gasteiger partial charge in [0.05, 0.1) is 5.69 Å². The summed E-state index contributed by atoms with van der Waals surface area (Å²) in [5, 5.41) is 21.0. The van der Waals surface area contributed by atoms with Crippen LogP contribution in [0.5, 0.6) is 0 Å². The lowest BCUT2D eigenvalue weighted by molar-refractivity contribution is -0.614. The molecule has 36 heavy (non-hydrogen) atoms. The quantitative estimate of drug-likeness (QED) is 0.195. The number of aromatic nitrogens is 3. The Balaban J connectivity index is 1.45. The molecule has 4 aromatic rings. The van der Waals surface area contributed by atoms with Gasteiger partial charge in [-0.1, -0.05) is 24.4 Å². The molecule has 0 bridgehead atoms. The van der Waals surface area contributed by atoms with Crippen molar-refractivity contribution in [1.82, 2.24) is 9.78 Å². The topological polar surface area (TPSA) is 90.9 Å². The Labute approximate surface area is 213 Å². The zero-order valence-electron chi connectivity index (χ0n) is 19.7. The molecule has 2 heterocycles. The summed E-state index contributed by atoms with van der Waals surface area (Å²) in [6.45, 7) is 1.50. The molecule has 1 N–H and O–H groups in total. The van der Waals surface area contributed by atoms with Crippen molar-refractivity contribution in [3.63, 3.8) is 0 Å². The summed E-state index contributed by atoms with van der Waals surface area (Å²) in [6.07, 6.45) is 7.72. The summed E-state index contributed by atoms with van der Waals surface area (Å²) in [6, 6.07) is 17.6. The van der Waals surface area contributed by atoms with Crippen LogP contribution in [0.3, 0.4) is 0 Å². The minimum atomic E-state index is -0.596.